The van der Waals surface area contributed by atoms with Gasteiger partial charge in [0, 0.05) is 0 Å². The highest BCUT2D eigenvalue weighted by molar-refractivity contribution is 6.02. The summed E-state index contributed by atoms with van der Waals surface area (Å²) < 4.78 is 26.0. The molecule has 2 spiro atoms. The van der Waals surface area contributed by atoms with E-state index >= 15 is 0 Å². The second kappa shape index (κ2) is 5.21. The Labute approximate surface area is 123 Å². The van der Waals surface area contributed by atoms with Gasteiger partial charge in [-0.05, 0) is 25.7 Å². The summed E-state index contributed by atoms with van der Waals surface area (Å²) >= 11 is 0. The van der Waals surface area contributed by atoms with Crippen molar-refractivity contribution in [1.29, 1.82) is 0 Å². The number of alkyl halides is 2. The number of carbonyl (C=O) groups is 2. The third-order valence-electron chi connectivity index (χ3n) is 5.41. The molecule has 1 heterocycles. The van der Waals surface area contributed by atoms with Crippen molar-refractivity contribution in [2.45, 2.75) is 75.3 Å². The van der Waals surface area contributed by atoms with Gasteiger partial charge in [-0.15, -0.1) is 0 Å². The summed E-state index contributed by atoms with van der Waals surface area (Å²) in [6.45, 7) is -0.617. The molecule has 3 fully saturated rings. The van der Waals surface area contributed by atoms with Gasteiger partial charge in [0.1, 0.15) is 11.1 Å². The first-order valence-electron chi connectivity index (χ1n) is 7.93. The van der Waals surface area contributed by atoms with E-state index < -0.39 is 24.0 Å². The molecule has 3 aliphatic rings. The van der Waals surface area contributed by atoms with Crippen molar-refractivity contribution in [3.05, 3.63) is 0 Å². The Morgan fingerprint density at radius 2 is 1.57 bits per heavy atom. The number of hydrogen-bond acceptors (Lipinski definition) is 2. The fourth-order valence-corrected chi connectivity index (χ4v) is 4.31. The third kappa shape index (κ3) is 2.23. The lowest BCUT2D eigenvalue weighted by atomic mass is 9.75. The molecule has 1 aliphatic heterocycles. The van der Waals surface area contributed by atoms with Gasteiger partial charge >= 0.3 is 0 Å². The zero-order valence-corrected chi connectivity index (χ0v) is 12.2. The first kappa shape index (κ1) is 14.7. The van der Waals surface area contributed by atoms with Crippen molar-refractivity contribution >= 4 is 11.8 Å². The van der Waals surface area contributed by atoms with Crippen LogP contribution in [0.1, 0.15) is 57.8 Å². The van der Waals surface area contributed by atoms with E-state index in [9.17, 15) is 18.4 Å². The van der Waals surface area contributed by atoms with E-state index in [1.54, 1.807) is 0 Å². The summed E-state index contributed by atoms with van der Waals surface area (Å²) in [5, 5.41) is 2.93. The van der Waals surface area contributed by atoms with E-state index in [2.05, 4.69) is 5.32 Å². The minimum Gasteiger partial charge on any atom is -0.340 e. The largest absolute Gasteiger partial charge is 0.340 e. The average Bonchev–Trinajstić information content (AvgIpc) is 2.92. The number of hydrogen-bond donors (Lipinski definition) is 1. The number of amides is 2. The van der Waals surface area contributed by atoms with Gasteiger partial charge in [0.2, 0.25) is 11.8 Å². The van der Waals surface area contributed by atoms with Gasteiger partial charge in [0.15, 0.2) is 0 Å². The third-order valence-corrected chi connectivity index (χ3v) is 5.41. The van der Waals surface area contributed by atoms with Gasteiger partial charge in [0.05, 0.1) is 6.54 Å². The monoisotopic (exact) mass is 300 g/mol. The van der Waals surface area contributed by atoms with Crippen molar-refractivity contribution in [1.82, 2.24) is 10.2 Å². The summed E-state index contributed by atoms with van der Waals surface area (Å²) in [6, 6.07) is 0. The van der Waals surface area contributed by atoms with Gasteiger partial charge in [-0.25, -0.2) is 8.78 Å². The van der Waals surface area contributed by atoms with E-state index in [4.69, 9.17) is 0 Å². The van der Waals surface area contributed by atoms with Gasteiger partial charge in [-0.2, -0.15) is 0 Å². The average molecular weight is 300 g/mol. The molecule has 2 saturated carbocycles. The Hall–Kier alpha value is -1.20. The molecule has 4 nitrogen and oxygen atoms in total. The summed E-state index contributed by atoms with van der Waals surface area (Å²) in [4.78, 5) is 26.8. The van der Waals surface area contributed by atoms with E-state index in [-0.39, 0.29) is 11.8 Å². The number of rotatable bonds is 2. The molecule has 0 aromatic carbocycles. The number of carbonyl (C=O) groups excluding carboxylic acids is 2. The summed E-state index contributed by atoms with van der Waals surface area (Å²) in [7, 11) is 0. The van der Waals surface area contributed by atoms with Crippen LogP contribution in [0.3, 0.4) is 0 Å². The van der Waals surface area contributed by atoms with E-state index in [0.717, 1.165) is 32.1 Å². The molecular weight excluding hydrogens is 278 g/mol. The molecule has 118 valence electrons. The maximum atomic E-state index is 13.0. The topological polar surface area (TPSA) is 49.4 Å². The molecule has 0 radical (unpaired) electrons. The van der Waals surface area contributed by atoms with Gasteiger partial charge < -0.3 is 10.2 Å². The molecule has 1 N–H and O–H groups in total. The minimum atomic E-state index is -2.60. The van der Waals surface area contributed by atoms with Crippen LogP contribution in [-0.4, -0.2) is 40.8 Å². The van der Waals surface area contributed by atoms with Gasteiger partial charge in [-0.1, -0.05) is 32.1 Å². The highest BCUT2D eigenvalue weighted by Gasteiger charge is 2.59. The molecule has 2 amide bonds. The van der Waals surface area contributed by atoms with Crippen LogP contribution in [0.4, 0.5) is 8.78 Å². The Morgan fingerprint density at radius 1 is 1.00 bits per heavy atom. The zero-order chi connectivity index (χ0) is 15.1. The molecule has 2 aliphatic carbocycles. The van der Waals surface area contributed by atoms with Crippen molar-refractivity contribution in [3.63, 3.8) is 0 Å². The number of nitrogens with zero attached hydrogens (tertiary/aromatic N) is 1. The van der Waals surface area contributed by atoms with E-state index in [1.165, 1.54) is 4.90 Å². The highest BCUT2D eigenvalue weighted by atomic mass is 19.3. The van der Waals surface area contributed by atoms with Crippen molar-refractivity contribution in [2.75, 3.05) is 6.54 Å². The predicted molar refractivity (Wildman–Crippen MR) is 72.9 cm³/mol. The van der Waals surface area contributed by atoms with Gasteiger partial charge in [-0.3, -0.25) is 9.59 Å². The second-order valence-corrected chi connectivity index (χ2v) is 6.64. The molecule has 0 bridgehead atoms. The SMILES string of the molecule is O=C1N(CC(F)F)C2(CCCCC2)C(=O)NC12CCCC2. The summed E-state index contributed by atoms with van der Waals surface area (Å²) in [5.41, 5.74) is -1.94. The molecular formula is C15H22F2N2O2. The predicted octanol–water partition coefficient (Wildman–Crippen LogP) is 2.23. The molecule has 0 atom stereocenters. The maximum Gasteiger partial charge on any atom is 0.255 e. The van der Waals surface area contributed by atoms with Crippen LogP contribution < -0.4 is 5.32 Å². The van der Waals surface area contributed by atoms with Crippen molar-refractivity contribution in [2.24, 2.45) is 0 Å². The van der Waals surface area contributed by atoms with Crippen LogP contribution in [0.15, 0.2) is 0 Å². The van der Waals surface area contributed by atoms with Crippen LogP contribution in [-0.2, 0) is 9.59 Å². The molecule has 0 aromatic heterocycles. The fourth-order valence-electron chi connectivity index (χ4n) is 4.31. The van der Waals surface area contributed by atoms with Crippen molar-refractivity contribution < 1.29 is 18.4 Å². The molecule has 1 saturated heterocycles. The maximum absolute atomic E-state index is 13.0. The molecule has 21 heavy (non-hydrogen) atoms. The first-order valence-corrected chi connectivity index (χ1v) is 7.93. The van der Waals surface area contributed by atoms with Crippen LogP contribution in [0.25, 0.3) is 0 Å². The summed E-state index contributed by atoms with van der Waals surface area (Å²) in [5.74, 6) is -0.480. The Balaban J connectivity index is 1.96. The Kier molecular flexibility index (Phi) is 3.66. The lowest BCUT2D eigenvalue weighted by molar-refractivity contribution is -0.168. The number of nitrogens with one attached hydrogen (secondary N) is 1. The van der Waals surface area contributed by atoms with E-state index in [1.807, 2.05) is 0 Å². The van der Waals surface area contributed by atoms with Crippen LogP contribution in [0.5, 0.6) is 0 Å². The number of piperazine rings is 1. The van der Waals surface area contributed by atoms with Crippen LogP contribution in [0.2, 0.25) is 0 Å². The quantitative estimate of drug-likeness (QED) is 0.850. The number of halogens is 2. The smallest absolute Gasteiger partial charge is 0.255 e. The first-order chi connectivity index (χ1) is 10.0. The lowest BCUT2D eigenvalue weighted by Crippen LogP contribution is -2.76. The standard InChI is InChI=1S/C15H22F2N2O2/c16-11(17)10-19-13(21)14(6-4-5-7-14)18-12(20)15(19)8-2-1-3-9-15/h11H,1-10H2,(H,18,20). The molecule has 0 unspecified atom stereocenters. The van der Waals surface area contributed by atoms with Gasteiger partial charge in [0.25, 0.3) is 6.43 Å². The Morgan fingerprint density at radius 3 is 2.14 bits per heavy atom. The van der Waals surface area contributed by atoms with Crippen LogP contribution in [0, 0.1) is 0 Å². The lowest BCUT2D eigenvalue weighted by Gasteiger charge is -2.53. The fraction of sp³-hybridized carbons (Fsp3) is 0.867. The molecule has 3 rings (SSSR count). The second-order valence-electron chi connectivity index (χ2n) is 6.64. The van der Waals surface area contributed by atoms with Crippen molar-refractivity contribution in [3.8, 4) is 0 Å². The summed E-state index contributed by atoms with van der Waals surface area (Å²) in [6.07, 6.45) is 3.92. The minimum absolute atomic E-state index is 0.204. The van der Waals surface area contributed by atoms with E-state index in [0.29, 0.717) is 25.7 Å². The zero-order valence-electron chi connectivity index (χ0n) is 12.2. The Bertz CT molecular complexity index is 441. The molecule has 0 aromatic rings. The highest BCUT2D eigenvalue weighted by Crippen LogP contribution is 2.43. The molecule has 6 heteroatoms. The van der Waals surface area contributed by atoms with Crippen LogP contribution >= 0.6 is 0 Å². The normalized spacial score (nSPS) is 27.7.